The zero-order valence-corrected chi connectivity index (χ0v) is 15.9. The summed E-state index contributed by atoms with van der Waals surface area (Å²) in [4.78, 5) is 36.5. The fraction of sp³-hybridized carbons (Fsp3) is 0.556. The van der Waals surface area contributed by atoms with Crippen LogP contribution >= 0.6 is 0 Å². The molecule has 1 aliphatic carbocycles. The first kappa shape index (κ1) is 20.6. The topological polar surface area (TPSA) is 122 Å². The molecule has 1 fully saturated rings. The Labute approximate surface area is 157 Å². The number of carboxylic acids is 1. The summed E-state index contributed by atoms with van der Waals surface area (Å²) >= 11 is 0. The number of nitrogens with zero attached hydrogens (tertiary/aromatic N) is 2. The van der Waals surface area contributed by atoms with Gasteiger partial charge in [-0.3, -0.25) is 14.9 Å². The van der Waals surface area contributed by atoms with Crippen LogP contribution in [-0.2, 0) is 14.3 Å². The normalized spacial score (nSPS) is 23.2. The minimum atomic E-state index is -1.44. The van der Waals surface area contributed by atoms with E-state index in [0.717, 1.165) is 0 Å². The van der Waals surface area contributed by atoms with Crippen LogP contribution in [0, 0.1) is 15.5 Å². The molecule has 2 unspecified atom stereocenters. The summed E-state index contributed by atoms with van der Waals surface area (Å²) in [5.74, 6) is -1.65. The third kappa shape index (κ3) is 3.59. The van der Waals surface area contributed by atoms with E-state index in [1.54, 1.807) is 33.0 Å². The molecular weight excluding hydrogens is 354 g/mol. The average Bonchev–Trinajstić information content (AvgIpc) is 2.60. The number of amides is 1. The number of para-hydroxylation sites is 2. The fourth-order valence-electron chi connectivity index (χ4n) is 3.56. The van der Waals surface area contributed by atoms with Crippen molar-refractivity contribution in [3.05, 3.63) is 34.4 Å². The first-order valence-corrected chi connectivity index (χ1v) is 8.67. The van der Waals surface area contributed by atoms with E-state index >= 15 is 0 Å². The van der Waals surface area contributed by atoms with E-state index in [1.807, 2.05) is 6.92 Å². The van der Waals surface area contributed by atoms with Gasteiger partial charge in [0.25, 0.3) is 5.69 Å². The van der Waals surface area contributed by atoms with Gasteiger partial charge in [-0.05, 0) is 13.0 Å². The molecule has 0 saturated heterocycles. The molecule has 0 aliphatic heterocycles. The van der Waals surface area contributed by atoms with Gasteiger partial charge in [0.05, 0.1) is 17.6 Å². The summed E-state index contributed by atoms with van der Waals surface area (Å²) < 4.78 is 5.57. The Morgan fingerprint density at radius 3 is 2.56 bits per heavy atom. The van der Waals surface area contributed by atoms with Gasteiger partial charge in [-0.15, -0.1) is 0 Å². The lowest BCUT2D eigenvalue weighted by Crippen LogP contribution is -2.76. The minimum absolute atomic E-state index is 0.124. The standard InChI is InChI=1S/C18H25N3O6/c1-5-27-14-10-18(16(23)24,17(14,2)3)19-15(22)11-20(4)12-8-6-7-9-13(12)21(25)26/h6-9,14H,5,10-11H2,1-4H3,(H,19,22)(H,23,24). The summed E-state index contributed by atoms with van der Waals surface area (Å²) in [6.45, 7) is 5.57. The summed E-state index contributed by atoms with van der Waals surface area (Å²) in [6, 6.07) is 6.07. The second kappa shape index (κ2) is 7.51. The number of hydrogen-bond donors (Lipinski definition) is 2. The van der Waals surface area contributed by atoms with Crippen LogP contribution in [0.2, 0.25) is 0 Å². The second-order valence-electron chi connectivity index (χ2n) is 7.23. The Bertz CT molecular complexity index is 750. The molecule has 27 heavy (non-hydrogen) atoms. The number of likely N-dealkylation sites (N-methyl/N-ethyl adjacent to an activating group) is 1. The molecule has 148 valence electrons. The maximum atomic E-state index is 12.5. The molecule has 1 saturated carbocycles. The molecule has 0 spiro atoms. The molecule has 1 aromatic rings. The molecule has 0 heterocycles. The van der Waals surface area contributed by atoms with Crippen LogP contribution in [0.3, 0.4) is 0 Å². The highest BCUT2D eigenvalue weighted by Crippen LogP contribution is 2.51. The predicted octanol–water partition coefficient (Wildman–Crippen LogP) is 1.81. The Morgan fingerprint density at radius 2 is 2.04 bits per heavy atom. The number of nitrogens with one attached hydrogen (secondary N) is 1. The lowest BCUT2D eigenvalue weighted by Gasteiger charge is -2.58. The zero-order valence-electron chi connectivity index (χ0n) is 15.9. The number of nitro benzene ring substituents is 1. The maximum absolute atomic E-state index is 12.5. The van der Waals surface area contributed by atoms with Crippen molar-refractivity contribution < 1.29 is 24.4 Å². The number of ether oxygens (including phenoxy) is 1. The van der Waals surface area contributed by atoms with E-state index in [9.17, 15) is 24.8 Å². The summed E-state index contributed by atoms with van der Waals surface area (Å²) in [5, 5.41) is 23.5. The highest BCUT2D eigenvalue weighted by molar-refractivity contribution is 5.91. The van der Waals surface area contributed by atoms with Gasteiger partial charge in [0.2, 0.25) is 5.91 Å². The molecule has 2 rings (SSSR count). The van der Waals surface area contributed by atoms with Crippen molar-refractivity contribution in [1.29, 1.82) is 0 Å². The van der Waals surface area contributed by atoms with E-state index in [1.165, 1.54) is 17.0 Å². The quantitative estimate of drug-likeness (QED) is 0.522. The highest BCUT2D eigenvalue weighted by atomic mass is 16.6. The number of hydrogen-bond acceptors (Lipinski definition) is 6. The Kier molecular flexibility index (Phi) is 5.74. The van der Waals surface area contributed by atoms with Crippen LogP contribution in [0.5, 0.6) is 0 Å². The van der Waals surface area contributed by atoms with E-state index in [0.29, 0.717) is 6.61 Å². The second-order valence-corrected chi connectivity index (χ2v) is 7.23. The zero-order chi connectivity index (χ0) is 20.4. The molecule has 1 aromatic carbocycles. The number of benzene rings is 1. The van der Waals surface area contributed by atoms with E-state index in [-0.39, 0.29) is 30.4 Å². The number of aliphatic carboxylic acids is 1. The van der Waals surface area contributed by atoms with Gasteiger partial charge >= 0.3 is 5.97 Å². The molecule has 0 radical (unpaired) electrons. The van der Waals surface area contributed by atoms with Crippen LogP contribution in [0.15, 0.2) is 24.3 Å². The van der Waals surface area contributed by atoms with Gasteiger partial charge in [0, 0.05) is 31.6 Å². The summed E-state index contributed by atoms with van der Waals surface area (Å²) in [5.41, 5.74) is -2.07. The lowest BCUT2D eigenvalue weighted by atomic mass is 9.54. The smallest absolute Gasteiger partial charge is 0.330 e. The Balaban J connectivity index is 2.15. The summed E-state index contributed by atoms with van der Waals surface area (Å²) in [7, 11) is 1.55. The van der Waals surface area contributed by atoms with Crippen molar-refractivity contribution in [3.8, 4) is 0 Å². The first-order chi connectivity index (χ1) is 12.6. The van der Waals surface area contributed by atoms with Crippen molar-refractivity contribution in [2.24, 2.45) is 5.41 Å². The van der Waals surface area contributed by atoms with Gasteiger partial charge in [-0.2, -0.15) is 0 Å². The first-order valence-electron chi connectivity index (χ1n) is 8.67. The highest BCUT2D eigenvalue weighted by Gasteiger charge is 2.66. The largest absolute Gasteiger partial charge is 0.479 e. The number of rotatable bonds is 8. The maximum Gasteiger partial charge on any atom is 0.330 e. The number of carbonyl (C=O) groups excluding carboxylic acids is 1. The van der Waals surface area contributed by atoms with Crippen molar-refractivity contribution in [3.63, 3.8) is 0 Å². The van der Waals surface area contributed by atoms with Crippen LogP contribution in [0.4, 0.5) is 11.4 Å². The predicted molar refractivity (Wildman–Crippen MR) is 98.7 cm³/mol. The molecule has 0 bridgehead atoms. The average molecular weight is 379 g/mol. The summed E-state index contributed by atoms with van der Waals surface area (Å²) in [6.07, 6.45) is -0.101. The number of anilines is 1. The molecular formula is C18H25N3O6. The third-order valence-corrected chi connectivity index (χ3v) is 5.35. The van der Waals surface area contributed by atoms with Crippen molar-refractivity contribution >= 4 is 23.3 Å². The molecule has 2 N–H and O–H groups in total. The van der Waals surface area contributed by atoms with E-state index < -0.39 is 27.8 Å². The van der Waals surface area contributed by atoms with Crippen molar-refractivity contribution in [2.75, 3.05) is 25.1 Å². The van der Waals surface area contributed by atoms with Gasteiger partial charge in [-0.25, -0.2) is 4.79 Å². The fourth-order valence-corrected chi connectivity index (χ4v) is 3.56. The Morgan fingerprint density at radius 1 is 1.41 bits per heavy atom. The van der Waals surface area contributed by atoms with Crippen molar-refractivity contribution in [2.45, 2.75) is 38.8 Å². The third-order valence-electron chi connectivity index (χ3n) is 5.35. The molecule has 9 nitrogen and oxygen atoms in total. The minimum Gasteiger partial charge on any atom is -0.479 e. The van der Waals surface area contributed by atoms with Crippen LogP contribution < -0.4 is 10.2 Å². The van der Waals surface area contributed by atoms with Crippen LogP contribution in [0.1, 0.15) is 27.2 Å². The molecule has 0 aromatic heterocycles. The number of carboxylic acid groups (broad SMARTS) is 1. The number of nitro groups is 1. The molecule has 2 atom stereocenters. The Hall–Kier alpha value is -2.68. The van der Waals surface area contributed by atoms with Gasteiger partial charge < -0.3 is 20.1 Å². The molecule has 1 amide bonds. The van der Waals surface area contributed by atoms with Gasteiger partial charge in [0.1, 0.15) is 11.2 Å². The SMILES string of the molecule is CCOC1CC(NC(=O)CN(C)c2ccccc2[N+](=O)[O-])(C(=O)O)C1(C)C. The monoisotopic (exact) mass is 379 g/mol. The lowest BCUT2D eigenvalue weighted by molar-refractivity contribution is -0.384. The van der Waals surface area contributed by atoms with E-state index in [4.69, 9.17) is 4.74 Å². The van der Waals surface area contributed by atoms with Crippen molar-refractivity contribution in [1.82, 2.24) is 5.32 Å². The van der Waals surface area contributed by atoms with Crippen LogP contribution in [0.25, 0.3) is 0 Å². The molecule has 9 heteroatoms. The number of carbonyl (C=O) groups is 2. The van der Waals surface area contributed by atoms with Gasteiger partial charge in [-0.1, -0.05) is 26.0 Å². The molecule has 1 aliphatic rings. The van der Waals surface area contributed by atoms with E-state index in [2.05, 4.69) is 5.32 Å². The van der Waals surface area contributed by atoms with Gasteiger partial charge in [0.15, 0.2) is 0 Å². The van der Waals surface area contributed by atoms with Crippen LogP contribution in [-0.4, -0.2) is 53.7 Å².